The molecule has 4 heteroatoms. The number of Topliss-reactive ketones (excluding diaryl/α,β-unsaturated/α-hetero) is 1. The molecule has 0 spiro atoms. The summed E-state index contributed by atoms with van der Waals surface area (Å²) in [6, 6.07) is 7.78. The molecule has 0 aliphatic rings. The standard InChI is InChI=1S/C12H13BrN2O/c1-7(10-5-6-12(13)15-10)9-3-4-11(14-9)8(2)16/h3-7,14-15H,1-2H3. The summed E-state index contributed by atoms with van der Waals surface area (Å²) < 4.78 is 0.965. The molecule has 16 heavy (non-hydrogen) atoms. The molecule has 2 heterocycles. The summed E-state index contributed by atoms with van der Waals surface area (Å²) in [5.74, 6) is 0.283. The van der Waals surface area contributed by atoms with E-state index in [1.807, 2.05) is 24.3 Å². The maximum Gasteiger partial charge on any atom is 0.175 e. The Labute approximate surface area is 102 Å². The number of hydrogen-bond acceptors (Lipinski definition) is 1. The zero-order valence-electron chi connectivity index (χ0n) is 9.17. The van der Waals surface area contributed by atoms with Gasteiger partial charge in [-0.2, -0.15) is 0 Å². The molecule has 2 aromatic heterocycles. The molecule has 0 aliphatic carbocycles. The summed E-state index contributed by atoms with van der Waals surface area (Å²) in [6.45, 7) is 3.65. The Hall–Kier alpha value is -1.29. The zero-order valence-corrected chi connectivity index (χ0v) is 10.8. The Kier molecular flexibility index (Phi) is 3.01. The van der Waals surface area contributed by atoms with E-state index >= 15 is 0 Å². The van der Waals surface area contributed by atoms with Crippen LogP contribution in [-0.2, 0) is 0 Å². The topological polar surface area (TPSA) is 48.6 Å². The number of ketones is 1. The monoisotopic (exact) mass is 280 g/mol. The molecule has 3 nitrogen and oxygen atoms in total. The van der Waals surface area contributed by atoms with E-state index in [1.54, 1.807) is 6.92 Å². The number of aromatic amines is 2. The molecule has 2 N–H and O–H groups in total. The molecule has 0 radical (unpaired) electrons. The van der Waals surface area contributed by atoms with Crippen LogP contribution in [0.25, 0.3) is 0 Å². The van der Waals surface area contributed by atoms with Crippen molar-refractivity contribution in [3.63, 3.8) is 0 Å². The Balaban J connectivity index is 2.26. The van der Waals surface area contributed by atoms with Crippen molar-refractivity contribution in [3.05, 3.63) is 46.0 Å². The minimum absolute atomic E-state index is 0.0612. The highest BCUT2D eigenvalue weighted by Crippen LogP contribution is 2.24. The zero-order chi connectivity index (χ0) is 11.7. The lowest BCUT2D eigenvalue weighted by molar-refractivity contribution is 0.101. The average Bonchev–Trinajstić information content (AvgIpc) is 2.84. The van der Waals surface area contributed by atoms with Gasteiger partial charge in [0.2, 0.25) is 0 Å². The fraction of sp³-hybridized carbons (Fsp3) is 0.250. The Morgan fingerprint density at radius 3 is 2.31 bits per heavy atom. The fourth-order valence-electron chi connectivity index (χ4n) is 1.67. The molecule has 0 bridgehead atoms. The van der Waals surface area contributed by atoms with Crippen molar-refractivity contribution in [1.29, 1.82) is 0 Å². The first-order valence-corrected chi connectivity index (χ1v) is 5.91. The summed E-state index contributed by atoms with van der Waals surface area (Å²) in [5, 5.41) is 0. The van der Waals surface area contributed by atoms with E-state index < -0.39 is 0 Å². The number of H-pyrrole nitrogens is 2. The van der Waals surface area contributed by atoms with Crippen LogP contribution in [0, 0.1) is 0 Å². The number of aromatic nitrogens is 2. The van der Waals surface area contributed by atoms with Crippen LogP contribution in [0.4, 0.5) is 0 Å². The summed E-state index contributed by atoms with van der Waals surface area (Å²) in [5.41, 5.74) is 2.82. The molecule has 84 valence electrons. The van der Waals surface area contributed by atoms with Crippen LogP contribution >= 0.6 is 15.9 Å². The third kappa shape index (κ3) is 2.11. The van der Waals surface area contributed by atoms with Crippen LogP contribution in [0.15, 0.2) is 28.9 Å². The molecular formula is C12H13BrN2O. The fourth-order valence-corrected chi connectivity index (χ4v) is 2.04. The minimum atomic E-state index is 0.0612. The quantitative estimate of drug-likeness (QED) is 0.832. The third-order valence-corrected chi connectivity index (χ3v) is 3.16. The predicted molar refractivity (Wildman–Crippen MR) is 66.8 cm³/mol. The second-order valence-corrected chi connectivity index (χ2v) is 4.72. The lowest BCUT2D eigenvalue weighted by Crippen LogP contribution is -1.98. The molecule has 0 saturated heterocycles. The second kappa shape index (κ2) is 4.29. The maximum atomic E-state index is 11.2. The minimum Gasteiger partial charge on any atom is -0.355 e. The third-order valence-electron chi connectivity index (χ3n) is 2.69. The smallest absolute Gasteiger partial charge is 0.175 e. The Bertz CT molecular complexity index is 513. The predicted octanol–water partition coefficient (Wildman–Crippen LogP) is 3.46. The number of carbonyl (C=O) groups excluding carboxylic acids is 1. The van der Waals surface area contributed by atoms with Crippen molar-refractivity contribution in [2.75, 3.05) is 0 Å². The van der Waals surface area contributed by atoms with Gasteiger partial charge in [0, 0.05) is 24.2 Å². The maximum absolute atomic E-state index is 11.2. The normalized spacial score (nSPS) is 12.7. The van der Waals surface area contributed by atoms with E-state index in [0.29, 0.717) is 5.69 Å². The lowest BCUT2D eigenvalue weighted by Gasteiger charge is -2.07. The number of nitrogens with one attached hydrogen (secondary N) is 2. The molecular weight excluding hydrogens is 268 g/mol. The van der Waals surface area contributed by atoms with Gasteiger partial charge in [-0.25, -0.2) is 0 Å². The molecule has 1 unspecified atom stereocenters. The molecule has 1 atom stereocenters. The number of carbonyl (C=O) groups is 1. The van der Waals surface area contributed by atoms with Crippen LogP contribution in [0.5, 0.6) is 0 Å². The summed E-state index contributed by atoms with van der Waals surface area (Å²) >= 11 is 3.38. The van der Waals surface area contributed by atoms with Gasteiger partial charge in [-0.1, -0.05) is 6.92 Å². The SMILES string of the molecule is CC(=O)c1ccc(C(C)c2ccc(Br)[nH]2)[nH]1. The van der Waals surface area contributed by atoms with Crippen molar-refractivity contribution in [1.82, 2.24) is 9.97 Å². The molecule has 0 amide bonds. The van der Waals surface area contributed by atoms with Crippen molar-refractivity contribution in [2.45, 2.75) is 19.8 Å². The molecule has 2 aromatic rings. The Morgan fingerprint density at radius 1 is 1.19 bits per heavy atom. The van der Waals surface area contributed by atoms with Gasteiger partial charge < -0.3 is 9.97 Å². The summed E-state index contributed by atoms with van der Waals surface area (Å²) in [6.07, 6.45) is 0. The van der Waals surface area contributed by atoms with E-state index in [1.165, 1.54) is 0 Å². The number of halogens is 1. The van der Waals surface area contributed by atoms with Crippen molar-refractivity contribution < 1.29 is 4.79 Å². The highest BCUT2D eigenvalue weighted by atomic mass is 79.9. The van der Waals surface area contributed by atoms with Crippen LogP contribution in [0.2, 0.25) is 0 Å². The van der Waals surface area contributed by atoms with Gasteiger partial charge in [-0.15, -0.1) is 0 Å². The van der Waals surface area contributed by atoms with Gasteiger partial charge in [0.15, 0.2) is 5.78 Å². The molecule has 0 fully saturated rings. The van der Waals surface area contributed by atoms with Gasteiger partial charge in [0.25, 0.3) is 0 Å². The first-order valence-electron chi connectivity index (χ1n) is 5.12. The van der Waals surface area contributed by atoms with E-state index in [4.69, 9.17) is 0 Å². The van der Waals surface area contributed by atoms with Gasteiger partial charge >= 0.3 is 0 Å². The summed E-state index contributed by atoms with van der Waals surface area (Å²) in [7, 11) is 0. The van der Waals surface area contributed by atoms with Crippen molar-refractivity contribution in [3.8, 4) is 0 Å². The molecule has 0 aromatic carbocycles. The van der Waals surface area contributed by atoms with E-state index in [0.717, 1.165) is 16.0 Å². The number of hydrogen-bond donors (Lipinski definition) is 2. The second-order valence-electron chi connectivity index (χ2n) is 3.87. The Morgan fingerprint density at radius 2 is 1.81 bits per heavy atom. The van der Waals surface area contributed by atoms with Gasteiger partial charge in [-0.3, -0.25) is 4.79 Å². The van der Waals surface area contributed by atoms with E-state index in [-0.39, 0.29) is 11.7 Å². The molecule has 0 aliphatic heterocycles. The van der Waals surface area contributed by atoms with E-state index in [2.05, 4.69) is 32.8 Å². The van der Waals surface area contributed by atoms with Gasteiger partial charge in [0.1, 0.15) is 0 Å². The van der Waals surface area contributed by atoms with Gasteiger partial charge in [0.05, 0.1) is 10.3 Å². The van der Waals surface area contributed by atoms with Crippen LogP contribution < -0.4 is 0 Å². The first kappa shape index (κ1) is 11.2. The first-order chi connectivity index (χ1) is 7.58. The van der Waals surface area contributed by atoms with Crippen LogP contribution in [0.1, 0.15) is 41.6 Å². The van der Waals surface area contributed by atoms with Gasteiger partial charge in [-0.05, 0) is 40.2 Å². The summed E-state index contributed by atoms with van der Waals surface area (Å²) in [4.78, 5) is 17.5. The highest BCUT2D eigenvalue weighted by Gasteiger charge is 2.13. The number of rotatable bonds is 3. The molecule has 0 saturated carbocycles. The highest BCUT2D eigenvalue weighted by molar-refractivity contribution is 9.10. The van der Waals surface area contributed by atoms with Crippen molar-refractivity contribution >= 4 is 21.7 Å². The van der Waals surface area contributed by atoms with E-state index in [9.17, 15) is 4.79 Å². The van der Waals surface area contributed by atoms with Crippen LogP contribution in [0.3, 0.4) is 0 Å². The largest absolute Gasteiger partial charge is 0.355 e. The van der Waals surface area contributed by atoms with Crippen molar-refractivity contribution in [2.24, 2.45) is 0 Å². The lowest BCUT2D eigenvalue weighted by atomic mass is 10.1. The average molecular weight is 281 g/mol. The van der Waals surface area contributed by atoms with Crippen LogP contribution in [-0.4, -0.2) is 15.8 Å². The molecule has 2 rings (SSSR count).